The maximum Gasteiger partial charge on any atom is 0.350 e. The van der Waals surface area contributed by atoms with E-state index in [9.17, 15) is 0 Å². The van der Waals surface area contributed by atoms with Gasteiger partial charge in [-0.15, -0.1) is 23.5 Å². The molecule has 0 amide bonds. The first-order valence-corrected chi connectivity index (χ1v) is 14.0. The van der Waals surface area contributed by atoms with Gasteiger partial charge in [0.15, 0.2) is 0 Å². The minimum atomic E-state index is -2.42. The Balaban J connectivity index is 2.14. The molecular formula is C21H40O2S2Si. The van der Waals surface area contributed by atoms with E-state index in [0.717, 1.165) is 10.2 Å². The van der Waals surface area contributed by atoms with E-state index < -0.39 is 8.56 Å². The lowest BCUT2D eigenvalue weighted by molar-refractivity contribution is 0.0310. The van der Waals surface area contributed by atoms with Crippen LogP contribution in [0.15, 0.2) is 12.2 Å². The molecule has 152 valence electrons. The Morgan fingerprint density at radius 3 is 2.08 bits per heavy atom. The van der Waals surface area contributed by atoms with Crippen LogP contribution in [-0.4, -0.2) is 37.4 Å². The van der Waals surface area contributed by atoms with E-state index in [1.165, 1.54) is 24.3 Å². The van der Waals surface area contributed by atoms with Gasteiger partial charge in [0.05, 0.1) is 17.3 Å². The highest BCUT2D eigenvalue weighted by Gasteiger charge is 2.61. The molecule has 2 nitrogen and oxygen atoms in total. The minimum absolute atomic E-state index is 0.0324. The molecule has 2 aliphatic rings. The van der Waals surface area contributed by atoms with Crippen LogP contribution >= 0.6 is 23.5 Å². The molecule has 0 aliphatic carbocycles. The standard InChI is InChI=1S/C21H40O2S2Si/c1-15(13-16(2)19-24-11-10-12-25-19)18-17(3)14-22-26(23-18,20(4,5)6)21(7,8)9/h15-16,18-19H,3,10-14H2,1-2,4-9H3/t15-,16+,18-/m0/s1. The molecule has 0 N–H and O–H groups in total. The highest BCUT2D eigenvalue weighted by molar-refractivity contribution is 8.17. The molecule has 2 heterocycles. The first-order chi connectivity index (χ1) is 11.9. The van der Waals surface area contributed by atoms with Crippen molar-refractivity contribution < 1.29 is 8.85 Å². The second-order valence-electron chi connectivity index (χ2n) is 10.3. The molecule has 26 heavy (non-hydrogen) atoms. The molecule has 3 atom stereocenters. The van der Waals surface area contributed by atoms with E-state index in [4.69, 9.17) is 8.85 Å². The number of thioether (sulfide) groups is 2. The van der Waals surface area contributed by atoms with Crippen molar-refractivity contribution >= 4 is 32.1 Å². The van der Waals surface area contributed by atoms with Gasteiger partial charge in [-0.3, -0.25) is 0 Å². The van der Waals surface area contributed by atoms with Crippen LogP contribution in [0.5, 0.6) is 0 Å². The number of hydrogen-bond donors (Lipinski definition) is 0. The van der Waals surface area contributed by atoms with Crippen molar-refractivity contribution in [2.24, 2.45) is 11.8 Å². The zero-order valence-electron chi connectivity index (χ0n) is 18.2. The predicted molar refractivity (Wildman–Crippen MR) is 121 cm³/mol. The van der Waals surface area contributed by atoms with Gasteiger partial charge in [-0.1, -0.05) is 62.0 Å². The molecular weight excluding hydrogens is 376 g/mol. The van der Waals surface area contributed by atoms with Crippen molar-refractivity contribution in [3.8, 4) is 0 Å². The quantitative estimate of drug-likeness (QED) is 0.368. The third kappa shape index (κ3) is 4.76. The Morgan fingerprint density at radius 1 is 1.04 bits per heavy atom. The van der Waals surface area contributed by atoms with Gasteiger partial charge in [-0.25, -0.2) is 0 Å². The molecule has 0 radical (unpaired) electrons. The van der Waals surface area contributed by atoms with Crippen molar-refractivity contribution in [3.63, 3.8) is 0 Å². The lowest BCUT2D eigenvalue weighted by Crippen LogP contribution is -2.62. The highest BCUT2D eigenvalue weighted by Crippen LogP contribution is 2.55. The van der Waals surface area contributed by atoms with Crippen LogP contribution in [0.1, 0.15) is 68.2 Å². The summed E-state index contributed by atoms with van der Waals surface area (Å²) in [5.41, 5.74) is 1.13. The predicted octanol–water partition coefficient (Wildman–Crippen LogP) is 6.86. The van der Waals surface area contributed by atoms with Gasteiger partial charge in [-0.05, 0) is 41.8 Å². The van der Waals surface area contributed by atoms with Crippen molar-refractivity contribution in [2.45, 2.75) is 89.0 Å². The molecule has 2 aliphatic heterocycles. The highest BCUT2D eigenvalue weighted by atomic mass is 32.2. The van der Waals surface area contributed by atoms with Gasteiger partial charge < -0.3 is 8.85 Å². The molecule has 0 saturated carbocycles. The third-order valence-electron chi connectivity index (χ3n) is 5.71. The van der Waals surface area contributed by atoms with Crippen LogP contribution in [0.2, 0.25) is 10.1 Å². The summed E-state index contributed by atoms with van der Waals surface area (Å²) in [6.07, 6.45) is 2.70. The fourth-order valence-electron chi connectivity index (χ4n) is 4.66. The molecule has 0 spiro atoms. The maximum atomic E-state index is 6.97. The molecule has 0 unspecified atom stereocenters. The van der Waals surface area contributed by atoms with Crippen LogP contribution in [0.25, 0.3) is 0 Å². The van der Waals surface area contributed by atoms with E-state index in [2.05, 4.69) is 85.5 Å². The topological polar surface area (TPSA) is 18.5 Å². The molecule has 5 heteroatoms. The Morgan fingerprint density at radius 2 is 1.58 bits per heavy atom. The molecule has 2 rings (SSSR count). The van der Waals surface area contributed by atoms with Crippen LogP contribution in [0.3, 0.4) is 0 Å². The Hall–Kier alpha value is 0.577. The summed E-state index contributed by atoms with van der Waals surface area (Å²) in [4.78, 5) is 0. The van der Waals surface area contributed by atoms with Gasteiger partial charge in [0, 0.05) is 10.1 Å². The normalized spacial score (nSPS) is 28.0. The van der Waals surface area contributed by atoms with Gasteiger partial charge in [0.2, 0.25) is 0 Å². The smallest absolute Gasteiger partial charge is 0.350 e. The van der Waals surface area contributed by atoms with E-state index in [1.54, 1.807) is 0 Å². The fraction of sp³-hybridized carbons (Fsp3) is 0.905. The third-order valence-corrected chi connectivity index (χ3v) is 14.2. The zero-order chi connectivity index (χ0) is 19.8. The molecule has 0 aromatic heterocycles. The zero-order valence-corrected chi connectivity index (χ0v) is 20.8. The van der Waals surface area contributed by atoms with Crippen LogP contribution in [-0.2, 0) is 8.85 Å². The summed E-state index contributed by atoms with van der Waals surface area (Å²) < 4.78 is 14.2. The first-order valence-electron chi connectivity index (χ1n) is 10.1. The average Bonchev–Trinajstić information content (AvgIpc) is 2.53. The molecule has 0 aromatic rings. The Kier molecular flexibility index (Phi) is 7.49. The summed E-state index contributed by atoms with van der Waals surface area (Å²) in [6, 6.07) is 0. The molecule has 0 bridgehead atoms. The monoisotopic (exact) mass is 416 g/mol. The van der Waals surface area contributed by atoms with Crippen molar-refractivity contribution in [1.82, 2.24) is 0 Å². The summed E-state index contributed by atoms with van der Waals surface area (Å²) in [5, 5.41) is 0.0647. The Labute approximate surface area is 171 Å². The summed E-state index contributed by atoms with van der Waals surface area (Å²) in [6.45, 7) is 23.5. The van der Waals surface area contributed by atoms with E-state index in [-0.39, 0.29) is 16.2 Å². The molecule has 0 aromatic carbocycles. The number of hydrogen-bond acceptors (Lipinski definition) is 4. The summed E-state index contributed by atoms with van der Waals surface area (Å²) in [5.74, 6) is 3.84. The van der Waals surface area contributed by atoms with Crippen molar-refractivity contribution in [2.75, 3.05) is 18.1 Å². The van der Waals surface area contributed by atoms with Gasteiger partial charge >= 0.3 is 8.56 Å². The maximum absolute atomic E-state index is 6.97. The van der Waals surface area contributed by atoms with Gasteiger partial charge in [-0.2, -0.15) is 0 Å². The lowest BCUT2D eigenvalue weighted by atomic mass is 9.90. The van der Waals surface area contributed by atoms with Crippen molar-refractivity contribution in [3.05, 3.63) is 12.2 Å². The Bertz CT molecular complexity index is 475. The minimum Gasteiger partial charge on any atom is -0.389 e. The van der Waals surface area contributed by atoms with E-state index in [1.807, 2.05) is 0 Å². The van der Waals surface area contributed by atoms with Crippen LogP contribution in [0, 0.1) is 11.8 Å². The average molecular weight is 417 g/mol. The van der Waals surface area contributed by atoms with Crippen LogP contribution < -0.4 is 0 Å². The van der Waals surface area contributed by atoms with Crippen molar-refractivity contribution in [1.29, 1.82) is 0 Å². The second-order valence-corrected chi connectivity index (χ2v) is 17.8. The first kappa shape index (κ1) is 22.9. The van der Waals surface area contributed by atoms with E-state index >= 15 is 0 Å². The van der Waals surface area contributed by atoms with Gasteiger partial charge in [0.1, 0.15) is 0 Å². The molecule has 2 saturated heterocycles. The lowest BCUT2D eigenvalue weighted by Gasteiger charge is -2.54. The second kappa shape index (κ2) is 8.52. The fourth-order valence-corrected chi connectivity index (χ4v) is 12.8. The summed E-state index contributed by atoms with van der Waals surface area (Å²) in [7, 11) is -2.42. The van der Waals surface area contributed by atoms with Gasteiger partial charge in [0.25, 0.3) is 0 Å². The van der Waals surface area contributed by atoms with Crippen LogP contribution in [0.4, 0.5) is 0 Å². The molecule has 2 fully saturated rings. The summed E-state index contributed by atoms with van der Waals surface area (Å²) >= 11 is 4.31. The largest absolute Gasteiger partial charge is 0.389 e. The van der Waals surface area contributed by atoms with E-state index in [0.29, 0.717) is 18.4 Å². The SMILES string of the molecule is C=C1CO[Si](C(C)(C)C)(C(C)(C)C)O[C@H]1[C@@H](C)C[C@@H](C)C1SCCCS1. The number of rotatable bonds is 4.